The number of para-hydroxylation sites is 2. The Morgan fingerprint density at radius 1 is 1.10 bits per heavy atom. The highest BCUT2D eigenvalue weighted by Gasteiger charge is 2.15. The molecule has 1 heterocycles. The van der Waals surface area contributed by atoms with Crippen LogP contribution in [0.4, 0.5) is 0 Å². The first kappa shape index (κ1) is 21.1. The van der Waals surface area contributed by atoms with Gasteiger partial charge in [0.2, 0.25) is 0 Å². The van der Waals surface area contributed by atoms with E-state index in [9.17, 15) is 0 Å². The fraction of sp³-hybridized carbons (Fsp3) is 0.435. The number of benzene rings is 2. The third-order valence-corrected chi connectivity index (χ3v) is 4.75. The third-order valence-electron chi connectivity index (χ3n) is 4.75. The standard InChI is InChI=1S/C23H31N3O3/c1-24-23(25-13-7-14-27-17-19-12-15-28-18-19)26-16-20-8-5-6-11-22(20)29-21-9-3-2-4-10-21/h2-6,8-11,19H,7,12-18H2,1H3,(H2,24,25,26). The second-order valence-corrected chi connectivity index (χ2v) is 7.03. The van der Waals surface area contributed by atoms with Crippen LogP contribution in [0, 0.1) is 5.92 Å². The molecule has 1 fully saturated rings. The van der Waals surface area contributed by atoms with Crippen molar-refractivity contribution in [2.45, 2.75) is 19.4 Å². The molecule has 1 aliphatic heterocycles. The Balaban J connectivity index is 1.38. The molecular weight excluding hydrogens is 366 g/mol. The molecule has 0 spiro atoms. The van der Waals surface area contributed by atoms with Gasteiger partial charge in [-0.05, 0) is 31.0 Å². The van der Waals surface area contributed by atoms with Crippen LogP contribution in [0.25, 0.3) is 0 Å². The van der Waals surface area contributed by atoms with Crippen LogP contribution in [0.15, 0.2) is 59.6 Å². The van der Waals surface area contributed by atoms with Crippen LogP contribution in [-0.4, -0.2) is 46.0 Å². The number of rotatable bonds is 10. The Hall–Kier alpha value is -2.57. The molecule has 156 valence electrons. The molecule has 1 unspecified atom stereocenters. The Morgan fingerprint density at radius 2 is 1.93 bits per heavy atom. The number of hydrogen-bond acceptors (Lipinski definition) is 4. The van der Waals surface area contributed by atoms with Crippen LogP contribution in [-0.2, 0) is 16.0 Å². The summed E-state index contributed by atoms with van der Waals surface area (Å²) >= 11 is 0. The highest BCUT2D eigenvalue weighted by atomic mass is 16.5. The van der Waals surface area contributed by atoms with Gasteiger partial charge in [-0.15, -0.1) is 0 Å². The molecule has 1 atom stereocenters. The average molecular weight is 398 g/mol. The lowest BCUT2D eigenvalue weighted by molar-refractivity contribution is 0.0888. The van der Waals surface area contributed by atoms with Gasteiger partial charge in [0, 0.05) is 44.8 Å². The first-order chi connectivity index (χ1) is 14.3. The highest BCUT2D eigenvalue weighted by Crippen LogP contribution is 2.24. The summed E-state index contributed by atoms with van der Waals surface area (Å²) in [5.41, 5.74) is 1.07. The van der Waals surface area contributed by atoms with Crippen molar-refractivity contribution < 1.29 is 14.2 Å². The SMILES string of the molecule is CN=C(NCCCOCC1CCOC1)NCc1ccccc1Oc1ccccc1. The normalized spacial score (nSPS) is 16.6. The van der Waals surface area contributed by atoms with E-state index in [0.717, 1.165) is 68.8 Å². The van der Waals surface area contributed by atoms with Gasteiger partial charge in [-0.3, -0.25) is 4.99 Å². The molecule has 6 heteroatoms. The van der Waals surface area contributed by atoms with E-state index in [1.807, 2.05) is 48.5 Å². The summed E-state index contributed by atoms with van der Waals surface area (Å²) in [6, 6.07) is 17.8. The molecule has 2 N–H and O–H groups in total. The molecule has 0 bridgehead atoms. The molecule has 0 saturated carbocycles. The smallest absolute Gasteiger partial charge is 0.191 e. The minimum atomic E-state index is 0.565. The van der Waals surface area contributed by atoms with Gasteiger partial charge in [-0.2, -0.15) is 0 Å². The first-order valence-electron chi connectivity index (χ1n) is 10.3. The summed E-state index contributed by atoms with van der Waals surface area (Å²) in [6.45, 7) is 4.69. The minimum Gasteiger partial charge on any atom is -0.457 e. The van der Waals surface area contributed by atoms with E-state index in [1.165, 1.54) is 0 Å². The molecule has 6 nitrogen and oxygen atoms in total. The molecule has 29 heavy (non-hydrogen) atoms. The maximum Gasteiger partial charge on any atom is 0.191 e. The van der Waals surface area contributed by atoms with Gasteiger partial charge >= 0.3 is 0 Å². The Kier molecular flexibility index (Phi) is 8.82. The molecule has 2 aromatic carbocycles. The largest absolute Gasteiger partial charge is 0.457 e. The van der Waals surface area contributed by atoms with Crippen LogP contribution >= 0.6 is 0 Å². The number of nitrogens with zero attached hydrogens (tertiary/aromatic N) is 1. The van der Waals surface area contributed by atoms with Crippen molar-refractivity contribution in [3.05, 3.63) is 60.2 Å². The molecule has 0 radical (unpaired) electrons. The van der Waals surface area contributed by atoms with E-state index in [0.29, 0.717) is 12.5 Å². The fourth-order valence-corrected chi connectivity index (χ4v) is 3.11. The highest BCUT2D eigenvalue weighted by molar-refractivity contribution is 5.79. The molecular formula is C23H31N3O3. The second kappa shape index (κ2) is 12.1. The Bertz CT molecular complexity index is 746. The Labute approximate surface area is 173 Å². The summed E-state index contributed by atoms with van der Waals surface area (Å²) in [7, 11) is 1.78. The second-order valence-electron chi connectivity index (χ2n) is 7.03. The number of aliphatic imine (C=N–C) groups is 1. The number of guanidine groups is 1. The van der Waals surface area contributed by atoms with Gasteiger partial charge in [0.25, 0.3) is 0 Å². The first-order valence-corrected chi connectivity index (χ1v) is 10.3. The van der Waals surface area contributed by atoms with Crippen molar-refractivity contribution in [1.29, 1.82) is 0 Å². The van der Waals surface area contributed by atoms with E-state index in [4.69, 9.17) is 14.2 Å². The monoisotopic (exact) mass is 397 g/mol. The summed E-state index contributed by atoms with van der Waals surface area (Å²) in [5, 5.41) is 6.68. The maximum atomic E-state index is 6.02. The van der Waals surface area contributed by atoms with Crippen molar-refractivity contribution in [3.63, 3.8) is 0 Å². The topological polar surface area (TPSA) is 64.1 Å². The summed E-state index contributed by atoms with van der Waals surface area (Å²) in [6.07, 6.45) is 2.05. The lowest BCUT2D eigenvalue weighted by Crippen LogP contribution is -2.37. The number of hydrogen-bond donors (Lipinski definition) is 2. The zero-order valence-electron chi connectivity index (χ0n) is 17.1. The van der Waals surface area contributed by atoms with Gasteiger partial charge in [0.05, 0.1) is 13.2 Å². The predicted octanol–water partition coefficient (Wildman–Crippen LogP) is 3.59. The van der Waals surface area contributed by atoms with Gasteiger partial charge in [0.15, 0.2) is 5.96 Å². The van der Waals surface area contributed by atoms with E-state index >= 15 is 0 Å². The maximum absolute atomic E-state index is 6.02. The van der Waals surface area contributed by atoms with Crippen LogP contribution in [0.1, 0.15) is 18.4 Å². The molecule has 3 rings (SSSR count). The molecule has 0 aromatic heterocycles. The summed E-state index contributed by atoms with van der Waals surface area (Å²) in [5.74, 6) is 3.00. The number of ether oxygens (including phenoxy) is 3. The molecule has 1 saturated heterocycles. The van der Waals surface area contributed by atoms with Crippen LogP contribution in [0.5, 0.6) is 11.5 Å². The van der Waals surface area contributed by atoms with Crippen LogP contribution in [0.3, 0.4) is 0 Å². The van der Waals surface area contributed by atoms with Crippen molar-refractivity contribution in [2.24, 2.45) is 10.9 Å². The van der Waals surface area contributed by atoms with Gasteiger partial charge < -0.3 is 24.8 Å². The van der Waals surface area contributed by atoms with E-state index in [-0.39, 0.29) is 0 Å². The van der Waals surface area contributed by atoms with Crippen molar-refractivity contribution in [1.82, 2.24) is 10.6 Å². The molecule has 0 aliphatic carbocycles. The third kappa shape index (κ3) is 7.40. The van der Waals surface area contributed by atoms with Gasteiger partial charge in [-0.25, -0.2) is 0 Å². The minimum absolute atomic E-state index is 0.565. The lowest BCUT2D eigenvalue weighted by Gasteiger charge is -2.15. The van der Waals surface area contributed by atoms with E-state index in [2.05, 4.69) is 21.7 Å². The molecule has 1 aliphatic rings. The van der Waals surface area contributed by atoms with Crippen molar-refractivity contribution in [2.75, 3.05) is 40.0 Å². The lowest BCUT2D eigenvalue weighted by atomic mass is 10.1. The van der Waals surface area contributed by atoms with Crippen molar-refractivity contribution in [3.8, 4) is 11.5 Å². The average Bonchev–Trinajstić information content (AvgIpc) is 3.28. The van der Waals surface area contributed by atoms with Crippen LogP contribution in [0.2, 0.25) is 0 Å². The number of nitrogens with one attached hydrogen (secondary N) is 2. The van der Waals surface area contributed by atoms with Gasteiger partial charge in [0.1, 0.15) is 11.5 Å². The Morgan fingerprint density at radius 3 is 2.72 bits per heavy atom. The molecule has 0 amide bonds. The summed E-state index contributed by atoms with van der Waals surface area (Å²) in [4.78, 5) is 4.29. The zero-order valence-corrected chi connectivity index (χ0v) is 17.1. The van der Waals surface area contributed by atoms with E-state index in [1.54, 1.807) is 7.05 Å². The fourth-order valence-electron chi connectivity index (χ4n) is 3.11. The zero-order chi connectivity index (χ0) is 20.2. The van der Waals surface area contributed by atoms with Crippen LogP contribution < -0.4 is 15.4 Å². The molecule has 2 aromatic rings. The van der Waals surface area contributed by atoms with E-state index < -0.39 is 0 Å². The predicted molar refractivity (Wildman–Crippen MR) is 116 cm³/mol. The summed E-state index contributed by atoms with van der Waals surface area (Å²) < 4.78 is 17.1. The quantitative estimate of drug-likeness (QED) is 0.364. The van der Waals surface area contributed by atoms with Crippen molar-refractivity contribution >= 4 is 5.96 Å². The van der Waals surface area contributed by atoms with Gasteiger partial charge in [-0.1, -0.05) is 36.4 Å².